The number of aryl methyl sites for hydroxylation is 1. The number of aromatic nitrogens is 1. The molecule has 1 fully saturated rings. The second-order valence-corrected chi connectivity index (χ2v) is 7.37. The Morgan fingerprint density at radius 3 is 2.73 bits per heavy atom. The van der Waals surface area contributed by atoms with E-state index in [2.05, 4.69) is 17.2 Å². The van der Waals surface area contributed by atoms with Crippen LogP contribution in [0.2, 0.25) is 0 Å². The SMILES string of the molecule is CCCCCCCCC(C)NC(=O)C1CCCN1C(=O)c1coc(C)n1. The van der Waals surface area contributed by atoms with Gasteiger partial charge in [-0.1, -0.05) is 45.4 Å². The van der Waals surface area contributed by atoms with Gasteiger partial charge in [0, 0.05) is 19.5 Å². The van der Waals surface area contributed by atoms with Gasteiger partial charge in [0.1, 0.15) is 12.3 Å². The molecule has 0 bridgehead atoms. The number of amides is 2. The fourth-order valence-corrected chi connectivity index (χ4v) is 3.53. The average molecular weight is 364 g/mol. The molecular weight excluding hydrogens is 330 g/mol. The molecule has 2 atom stereocenters. The standard InChI is InChI=1S/C20H33N3O3/c1-4-5-6-7-8-9-11-15(2)21-19(24)18-12-10-13-23(18)20(25)17-14-26-16(3)22-17/h14-15,18H,4-13H2,1-3H3,(H,21,24). The summed E-state index contributed by atoms with van der Waals surface area (Å²) in [6.07, 6.45) is 11.4. The average Bonchev–Trinajstić information content (AvgIpc) is 3.26. The van der Waals surface area contributed by atoms with Crippen molar-refractivity contribution < 1.29 is 14.0 Å². The third kappa shape index (κ3) is 5.85. The van der Waals surface area contributed by atoms with Gasteiger partial charge in [0.2, 0.25) is 5.91 Å². The molecule has 1 aromatic heterocycles. The van der Waals surface area contributed by atoms with Crippen molar-refractivity contribution in [2.75, 3.05) is 6.54 Å². The van der Waals surface area contributed by atoms with Gasteiger partial charge in [0.25, 0.3) is 5.91 Å². The molecular formula is C20H33N3O3. The number of oxazole rings is 1. The van der Waals surface area contributed by atoms with E-state index in [9.17, 15) is 9.59 Å². The minimum Gasteiger partial charge on any atom is -0.448 e. The van der Waals surface area contributed by atoms with Gasteiger partial charge >= 0.3 is 0 Å². The maximum atomic E-state index is 12.6. The van der Waals surface area contributed by atoms with Crippen LogP contribution >= 0.6 is 0 Å². The molecule has 0 radical (unpaired) electrons. The molecule has 1 aromatic rings. The third-order valence-corrected chi connectivity index (χ3v) is 5.03. The van der Waals surface area contributed by atoms with Crippen LogP contribution in [0.5, 0.6) is 0 Å². The number of nitrogens with zero attached hydrogens (tertiary/aromatic N) is 2. The molecule has 1 aliphatic rings. The number of nitrogens with one attached hydrogen (secondary N) is 1. The molecule has 1 N–H and O–H groups in total. The first-order valence-electron chi connectivity index (χ1n) is 10.1. The highest BCUT2D eigenvalue weighted by Crippen LogP contribution is 2.20. The van der Waals surface area contributed by atoms with E-state index in [1.54, 1.807) is 11.8 Å². The Morgan fingerprint density at radius 2 is 2.04 bits per heavy atom. The van der Waals surface area contributed by atoms with Crippen molar-refractivity contribution >= 4 is 11.8 Å². The smallest absolute Gasteiger partial charge is 0.276 e. The van der Waals surface area contributed by atoms with Crippen molar-refractivity contribution in [3.05, 3.63) is 17.8 Å². The normalized spacial score (nSPS) is 18.1. The monoisotopic (exact) mass is 363 g/mol. The lowest BCUT2D eigenvalue weighted by atomic mass is 10.1. The lowest BCUT2D eigenvalue weighted by Gasteiger charge is -2.25. The Hall–Kier alpha value is -1.85. The van der Waals surface area contributed by atoms with Gasteiger partial charge in [0.05, 0.1) is 0 Å². The zero-order valence-corrected chi connectivity index (χ0v) is 16.4. The molecule has 2 heterocycles. The lowest BCUT2D eigenvalue weighted by Crippen LogP contribution is -2.48. The van der Waals surface area contributed by atoms with Gasteiger partial charge in [0.15, 0.2) is 11.6 Å². The van der Waals surface area contributed by atoms with Crippen LogP contribution in [0.15, 0.2) is 10.7 Å². The van der Waals surface area contributed by atoms with Crippen LogP contribution in [0.4, 0.5) is 0 Å². The van der Waals surface area contributed by atoms with Gasteiger partial charge in [-0.15, -0.1) is 0 Å². The molecule has 2 unspecified atom stereocenters. The summed E-state index contributed by atoms with van der Waals surface area (Å²) in [7, 11) is 0. The van der Waals surface area contributed by atoms with E-state index < -0.39 is 6.04 Å². The fourth-order valence-electron chi connectivity index (χ4n) is 3.53. The maximum Gasteiger partial charge on any atom is 0.276 e. The van der Waals surface area contributed by atoms with Crippen LogP contribution in [0.1, 0.15) is 88.0 Å². The van der Waals surface area contributed by atoms with E-state index in [1.165, 1.54) is 38.4 Å². The summed E-state index contributed by atoms with van der Waals surface area (Å²) in [6, 6.07) is -0.257. The van der Waals surface area contributed by atoms with Crippen LogP contribution < -0.4 is 5.32 Å². The minimum absolute atomic E-state index is 0.0467. The van der Waals surface area contributed by atoms with Crippen molar-refractivity contribution in [3.8, 4) is 0 Å². The molecule has 1 saturated heterocycles. The highest BCUT2D eigenvalue weighted by Gasteiger charge is 2.35. The summed E-state index contributed by atoms with van der Waals surface area (Å²) < 4.78 is 5.13. The van der Waals surface area contributed by atoms with Gasteiger partial charge < -0.3 is 14.6 Å². The summed E-state index contributed by atoms with van der Waals surface area (Å²) >= 11 is 0. The van der Waals surface area contributed by atoms with Gasteiger partial charge in [-0.05, 0) is 26.2 Å². The van der Waals surface area contributed by atoms with Crippen LogP contribution in [0.3, 0.4) is 0 Å². The Balaban J connectivity index is 1.77. The first-order chi connectivity index (χ1) is 12.5. The summed E-state index contributed by atoms with van der Waals surface area (Å²) in [5, 5.41) is 3.09. The number of likely N-dealkylation sites (tertiary alicyclic amines) is 1. The van der Waals surface area contributed by atoms with Gasteiger partial charge in [-0.3, -0.25) is 9.59 Å². The van der Waals surface area contributed by atoms with E-state index in [0.29, 0.717) is 18.9 Å². The highest BCUT2D eigenvalue weighted by molar-refractivity contribution is 5.96. The molecule has 26 heavy (non-hydrogen) atoms. The largest absolute Gasteiger partial charge is 0.448 e. The van der Waals surface area contributed by atoms with Crippen LogP contribution in [0, 0.1) is 6.92 Å². The Bertz CT molecular complexity index is 585. The van der Waals surface area contributed by atoms with Crippen LogP contribution in [0.25, 0.3) is 0 Å². The molecule has 6 heteroatoms. The number of hydrogen-bond acceptors (Lipinski definition) is 4. The molecule has 6 nitrogen and oxygen atoms in total. The van der Waals surface area contributed by atoms with Crippen LogP contribution in [-0.2, 0) is 4.79 Å². The lowest BCUT2D eigenvalue weighted by molar-refractivity contribution is -0.125. The quantitative estimate of drug-likeness (QED) is 0.641. The Labute approximate surface area is 156 Å². The molecule has 0 spiro atoms. The summed E-state index contributed by atoms with van der Waals surface area (Å²) in [5.74, 6) is 0.193. The van der Waals surface area contributed by atoms with E-state index >= 15 is 0 Å². The van der Waals surface area contributed by atoms with Crippen molar-refractivity contribution in [3.63, 3.8) is 0 Å². The second kappa shape index (κ2) is 10.3. The topological polar surface area (TPSA) is 75.4 Å². The van der Waals surface area contributed by atoms with Gasteiger partial charge in [-0.2, -0.15) is 0 Å². The first-order valence-corrected chi connectivity index (χ1v) is 10.1. The minimum atomic E-state index is -0.397. The fraction of sp³-hybridized carbons (Fsp3) is 0.750. The van der Waals surface area contributed by atoms with E-state index in [4.69, 9.17) is 4.42 Å². The zero-order valence-electron chi connectivity index (χ0n) is 16.4. The van der Waals surface area contributed by atoms with Crippen molar-refractivity contribution in [2.24, 2.45) is 0 Å². The second-order valence-electron chi connectivity index (χ2n) is 7.37. The van der Waals surface area contributed by atoms with E-state index in [1.807, 2.05) is 6.92 Å². The number of unbranched alkanes of at least 4 members (excludes halogenated alkanes) is 5. The number of hydrogen-bond donors (Lipinski definition) is 1. The van der Waals surface area contributed by atoms with Gasteiger partial charge in [-0.25, -0.2) is 4.98 Å². The van der Waals surface area contributed by atoms with Crippen LogP contribution in [-0.4, -0.2) is 40.3 Å². The summed E-state index contributed by atoms with van der Waals surface area (Å²) in [4.78, 5) is 30.9. The van der Waals surface area contributed by atoms with Crippen molar-refractivity contribution in [1.82, 2.24) is 15.2 Å². The molecule has 0 aromatic carbocycles. The molecule has 2 amide bonds. The maximum absolute atomic E-state index is 12.6. The predicted octanol–water partition coefficient (Wildman–Crippen LogP) is 3.84. The molecule has 2 rings (SSSR count). The molecule has 0 aliphatic carbocycles. The Kier molecular flexibility index (Phi) is 8.13. The first kappa shape index (κ1) is 20.5. The third-order valence-electron chi connectivity index (χ3n) is 5.03. The zero-order chi connectivity index (χ0) is 18.9. The van der Waals surface area contributed by atoms with E-state index in [-0.39, 0.29) is 23.6 Å². The molecule has 0 saturated carbocycles. The highest BCUT2D eigenvalue weighted by atomic mass is 16.3. The number of carbonyl (C=O) groups is 2. The van der Waals surface area contributed by atoms with Crippen molar-refractivity contribution in [2.45, 2.75) is 90.6 Å². The Morgan fingerprint density at radius 1 is 1.31 bits per heavy atom. The van der Waals surface area contributed by atoms with E-state index in [0.717, 1.165) is 19.3 Å². The molecule has 146 valence electrons. The summed E-state index contributed by atoms with van der Waals surface area (Å²) in [5.41, 5.74) is 0.280. The number of rotatable bonds is 10. The summed E-state index contributed by atoms with van der Waals surface area (Å²) in [6.45, 7) is 6.56. The molecule has 1 aliphatic heterocycles. The van der Waals surface area contributed by atoms with Crippen molar-refractivity contribution in [1.29, 1.82) is 0 Å². The predicted molar refractivity (Wildman–Crippen MR) is 101 cm³/mol. The number of carbonyl (C=O) groups excluding carboxylic acids is 2.